The summed E-state index contributed by atoms with van der Waals surface area (Å²) in [5, 5.41) is 3.52. The Morgan fingerprint density at radius 1 is 1.42 bits per heavy atom. The van der Waals surface area contributed by atoms with Gasteiger partial charge in [0.25, 0.3) is 0 Å². The van der Waals surface area contributed by atoms with E-state index in [1.54, 1.807) is 0 Å². The van der Waals surface area contributed by atoms with Gasteiger partial charge in [0.05, 0.1) is 13.2 Å². The molecule has 2 atom stereocenters. The number of halogens is 1. The van der Waals surface area contributed by atoms with Crippen LogP contribution in [0.5, 0.6) is 0 Å². The molecule has 1 heterocycles. The molecule has 0 aliphatic carbocycles. The third-order valence-corrected chi connectivity index (χ3v) is 4.25. The normalized spacial score (nSPS) is 21.6. The Labute approximate surface area is 124 Å². The van der Waals surface area contributed by atoms with Gasteiger partial charge in [0.1, 0.15) is 0 Å². The summed E-state index contributed by atoms with van der Waals surface area (Å²) in [6.45, 7) is 5.95. The van der Waals surface area contributed by atoms with Gasteiger partial charge in [-0.3, -0.25) is 4.90 Å². The van der Waals surface area contributed by atoms with Gasteiger partial charge in [-0.15, -0.1) is 0 Å². The van der Waals surface area contributed by atoms with E-state index in [1.165, 1.54) is 5.56 Å². The zero-order chi connectivity index (χ0) is 13.7. The lowest BCUT2D eigenvalue weighted by atomic mass is 10.1. The predicted octanol–water partition coefficient (Wildman–Crippen LogP) is 2.65. The third kappa shape index (κ3) is 4.88. The fourth-order valence-corrected chi connectivity index (χ4v) is 2.66. The molecule has 0 bridgehead atoms. The molecule has 1 aromatic carbocycles. The minimum absolute atomic E-state index is 0.496. The van der Waals surface area contributed by atoms with E-state index in [2.05, 4.69) is 64.4 Å². The van der Waals surface area contributed by atoms with Crippen molar-refractivity contribution >= 4 is 15.9 Å². The molecule has 0 amide bonds. The number of hydrogen-bond acceptors (Lipinski definition) is 3. The average Bonchev–Trinajstić information content (AvgIpc) is 2.42. The fourth-order valence-electron chi connectivity index (χ4n) is 2.40. The number of rotatable bonds is 5. The van der Waals surface area contributed by atoms with Gasteiger partial charge in [-0.2, -0.15) is 0 Å². The van der Waals surface area contributed by atoms with E-state index in [-0.39, 0.29) is 0 Å². The largest absolute Gasteiger partial charge is 0.379 e. The molecule has 1 fully saturated rings. The van der Waals surface area contributed by atoms with Gasteiger partial charge in [-0.1, -0.05) is 28.1 Å². The molecule has 1 saturated heterocycles. The molecule has 1 aromatic rings. The second-order valence-corrected chi connectivity index (χ2v) is 6.27. The maximum absolute atomic E-state index is 5.51. The van der Waals surface area contributed by atoms with Gasteiger partial charge in [0.15, 0.2) is 0 Å². The minimum Gasteiger partial charge on any atom is -0.379 e. The highest BCUT2D eigenvalue weighted by Crippen LogP contribution is 2.14. The molecule has 19 heavy (non-hydrogen) atoms. The van der Waals surface area contributed by atoms with Crippen LogP contribution >= 0.6 is 15.9 Å². The number of ether oxygens (including phenoxy) is 1. The lowest BCUT2D eigenvalue weighted by molar-refractivity contribution is 0.0638. The van der Waals surface area contributed by atoms with Crippen molar-refractivity contribution in [3.8, 4) is 0 Å². The van der Waals surface area contributed by atoms with Crippen LogP contribution in [0.4, 0.5) is 0 Å². The summed E-state index contributed by atoms with van der Waals surface area (Å²) in [6, 6.07) is 9.60. The first-order valence-corrected chi connectivity index (χ1v) is 7.70. The molecule has 1 N–H and O–H groups in total. The Morgan fingerprint density at radius 2 is 2.16 bits per heavy atom. The molecule has 106 valence electrons. The number of nitrogens with zero attached hydrogens (tertiary/aromatic N) is 1. The number of morpholine rings is 1. The molecule has 1 aliphatic rings. The van der Waals surface area contributed by atoms with Crippen molar-refractivity contribution < 1.29 is 4.74 Å². The van der Waals surface area contributed by atoms with Crippen molar-refractivity contribution in [2.45, 2.75) is 32.0 Å². The van der Waals surface area contributed by atoms with Gasteiger partial charge in [0, 0.05) is 29.6 Å². The van der Waals surface area contributed by atoms with Crippen molar-refractivity contribution in [1.29, 1.82) is 0 Å². The number of hydrogen-bond donors (Lipinski definition) is 1. The summed E-state index contributed by atoms with van der Waals surface area (Å²) in [5.74, 6) is 0. The van der Waals surface area contributed by atoms with E-state index in [0.29, 0.717) is 12.1 Å². The van der Waals surface area contributed by atoms with Crippen LogP contribution in [0.15, 0.2) is 28.7 Å². The van der Waals surface area contributed by atoms with Gasteiger partial charge < -0.3 is 10.1 Å². The Bertz CT molecular complexity index is 376. The molecule has 0 radical (unpaired) electrons. The molecule has 4 heteroatoms. The van der Waals surface area contributed by atoms with Crippen LogP contribution in [0.25, 0.3) is 0 Å². The number of benzene rings is 1. The molecular weight excluding hydrogens is 304 g/mol. The predicted molar refractivity (Wildman–Crippen MR) is 82.3 cm³/mol. The van der Waals surface area contributed by atoms with Gasteiger partial charge in [-0.05, 0) is 38.1 Å². The zero-order valence-corrected chi connectivity index (χ0v) is 13.3. The highest BCUT2D eigenvalue weighted by Gasteiger charge is 2.18. The van der Waals surface area contributed by atoms with Crippen molar-refractivity contribution in [2.75, 3.05) is 26.8 Å². The fraction of sp³-hybridized carbons (Fsp3) is 0.600. The summed E-state index contributed by atoms with van der Waals surface area (Å²) in [6.07, 6.45) is 1.13. The van der Waals surface area contributed by atoms with Crippen LogP contribution in [0.3, 0.4) is 0 Å². The second kappa shape index (κ2) is 7.39. The molecule has 0 saturated carbocycles. The first-order chi connectivity index (χ1) is 9.15. The first-order valence-electron chi connectivity index (χ1n) is 6.91. The molecule has 1 aliphatic heterocycles. The van der Waals surface area contributed by atoms with Crippen LogP contribution in [-0.2, 0) is 11.3 Å². The molecule has 2 rings (SSSR count). The zero-order valence-electron chi connectivity index (χ0n) is 11.7. The van der Waals surface area contributed by atoms with Crippen molar-refractivity contribution in [3.63, 3.8) is 0 Å². The highest BCUT2D eigenvalue weighted by molar-refractivity contribution is 9.10. The molecule has 0 aromatic heterocycles. The van der Waals surface area contributed by atoms with Crippen molar-refractivity contribution in [3.05, 3.63) is 34.3 Å². The van der Waals surface area contributed by atoms with Crippen LogP contribution in [-0.4, -0.2) is 43.8 Å². The summed E-state index contributed by atoms with van der Waals surface area (Å²) in [4.78, 5) is 2.40. The minimum atomic E-state index is 0.496. The molecular formula is C15H23BrN2O. The topological polar surface area (TPSA) is 24.5 Å². The van der Waals surface area contributed by atoms with E-state index >= 15 is 0 Å². The van der Waals surface area contributed by atoms with Crippen LogP contribution in [0.1, 0.15) is 18.9 Å². The standard InChI is InChI=1S/C15H23BrN2O/c1-12(9-15-11-19-8-7-17-15)18(2)10-13-3-5-14(16)6-4-13/h3-6,12,15,17H,7-11H2,1-2H3. The Morgan fingerprint density at radius 3 is 2.79 bits per heavy atom. The van der Waals surface area contributed by atoms with E-state index < -0.39 is 0 Å². The quantitative estimate of drug-likeness (QED) is 0.900. The van der Waals surface area contributed by atoms with Gasteiger partial charge in [-0.25, -0.2) is 0 Å². The lowest BCUT2D eigenvalue weighted by Crippen LogP contribution is -2.45. The first kappa shape index (κ1) is 15.0. The van der Waals surface area contributed by atoms with Crippen molar-refractivity contribution in [1.82, 2.24) is 10.2 Å². The summed E-state index contributed by atoms with van der Waals surface area (Å²) < 4.78 is 6.64. The maximum atomic E-state index is 5.51. The van der Waals surface area contributed by atoms with E-state index in [1.807, 2.05) is 0 Å². The third-order valence-electron chi connectivity index (χ3n) is 3.72. The second-order valence-electron chi connectivity index (χ2n) is 5.35. The Balaban J connectivity index is 1.81. The molecule has 3 nitrogen and oxygen atoms in total. The average molecular weight is 327 g/mol. The maximum Gasteiger partial charge on any atom is 0.0620 e. The summed E-state index contributed by atoms with van der Waals surface area (Å²) >= 11 is 3.47. The lowest BCUT2D eigenvalue weighted by Gasteiger charge is -2.31. The monoisotopic (exact) mass is 326 g/mol. The van der Waals surface area contributed by atoms with Crippen LogP contribution in [0.2, 0.25) is 0 Å². The Kier molecular flexibility index (Phi) is 5.82. The van der Waals surface area contributed by atoms with Crippen molar-refractivity contribution in [2.24, 2.45) is 0 Å². The molecule has 2 unspecified atom stereocenters. The van der Waals surface area contributed by atoms with E-state index in [9.17, 15) is 0 Å². The van der Waals surface area contributed by atoms with Crippen LogP contribution < -0.4 is 5.32 Å². The molecule has 0 spiro atoms. The smallest absolute Gasteiger partial charge is 0.0620 e. The number of nitrogens with one attached hydrogen (secondary N) is 1. The SMILES string of the molecule is CC(CC1COCCN1)N(C)Cc1ccc(Br)cc1. The van der Waals surface area contributed by atoms with E-state index in [0.717, 1.165) is 37.2 Å². The summed E-state index contributed by atoms with van der Waals surface area (Å²) in [7, 11) is 2.19. The van der Waals surface area contributed by atoms with E-state index in [4.69, 9.17) is 4.74 Å². The Hall–Kier alpha value is -0.420. The summed E-state index contributed by atoms with van der Waals surface area (Å²) in [5.41, 5.74) is 1.35. The van der Waals surface area contributed by atoms with Gasteiger partial charge in [0.2, 0.25) is 0 Å². The van der Waals surface area contributed by atoms with Gasteiger partial charge >= 0.3 is 0 Å². The van der Waals surface area contributed by atoms with Crippen LogP contribution in [0, 0.1) is 0 Å². The highest BCUT2D eigenvalue weighted by atomic mass is 79.9.